The fourth-order valence-corrected chi connectivity index (χ4v) is 11.4. The van der Waals surface area contributed by atoms with E-state index in [9.17, 15) is 55.5 Å². The Morgan fingerprint density at radius 1 is 0.893 bits per heavy atom. The zero-order valence-corrected chi connectivity index (χ0v) is 31.4. The number of carboxylic acids is 1. The molecule has 6 unspecified atom stereocenters. The molecule has 0 aromatic carbocycles. The second-order valence-corrected chi connectivity index (χ2v) is 17.1. The average molecular weight is 798 g/mol. The molecular weight excluding hydrogens is 742 g/mol. The number of carboxylic acid groups (broad SMARTS) is 1. The van der Waals surface area contributed by atoms with E-state index >= 15 is 0 Å². The maximum Gasteiger partial charge on any atom is 0.344 e. The van der Waals surface area contributed by atoms with Crippen molar-refractivity contribution in [1.82, 2.24) is 0 Å². The molecule has 1 aromatic rings. The highest BCUT2D eigenvalue weighted by Crippen LogP contribution is 2.71. The van der Waals surface area contributed by atoms with E-state index in [-0.39, 0.29) is 30.6 Å². The molecular formula is C38H55NO17. The van der Waals surface area contributed by atoms with Crippen LogP contribution in [0.25, 0.3) is 0 Å². The Kier molecular flexibility index (Phi) is 11.5. The second-order valence-electron chi connectivity index (χ2n) is 17.1. The lowest BCUT2D eigenvalue weighted by Gasteiger charge is -2.65. The van der Waals surface area contributed by atoms with Crippen LogP contribution in [0.2, 0.25) is 0 Å². The van der Waals surface area contributed by atoms with E-state index in [1.54, 1.807) is 6.07 Å². The van der Waals surface area contributed by atoms with Crippen LogP contribution in [0.15, 0.2) is 32.8 Å². The van der Waals surface area contributed by atoms with Crippen molar-refractivity contribution in [3.8, 4) is 0 Å². The first-order valence-corrected chi connectivity index (χ1v) is 19.5. The highest BCUT2D eigenvalue weighted by Gasteiger charge is 2.71. The average Bonchev–Trinajstić information content (AvgIpc) is 3.44. The lowest BCUT2D eigenvalue weighted by molar-refractivity contribution is -0.361. The van der Waals surface area contributed by atoms with Crippen LogP contribution in [-0.2, 0) is 28.6 Å². The molecule has 9 N–H and O–H groups in total. The fraction of sp³-hybridized carbons (Fsp3) is 0.816. The molecule has 56 heavy (non-hydrogen) atoms. The van der Waals surface area contributed by atoms with E-state index < -0.39 is 114 Å². The van der Waals surface area contributed by atoms with Gasteiger partial charge in [0.1, 0.15) is 42.7 Å². The summed E-state index contributed by atoms with van der Waals surface area (Å²) in [7, 11) is 0. The Bertz CT molecular complexity index is 1640. The first-order chi connectivity index (χ1) is 26.5. The fourth-order valence-electron chi connectivity index (χ4n) is 11.4. The van der Waals surface area contributed by atoms with E-state index in [0.717, 1.165) is 5.56 Å². The van der Waals surface area contributed by atoms with Gasteiger partial charge in [0.05, 0.1) is 42.5 Å². The highest BCUT2D eigenvalue weighted by atomic mass is 16.7. The van der Waals surface area contributed by atoms with Crippen LogP contribution in [0.1, 0.15) is 83.1 Å². The van der Waals surface area contributed by atoms with Crippen molar-refractivity contribution in [2.75, 3.05) is 13.2 Å². The van der Waals surface area contributed by atoms with E-state index in [2.05, 4.69) is 12.1 Å². The summed E-state index contributed by atoms with van der Waals surface area (Å²) in [6.07, 6.45) is -8.69. The standard InChI is InChI=1S/C38H55NO17/c1-18-32(56-34-30(47)28(45)27(44)24(14-40)55-34)29(46)31(48)33(53-18)54-20-5-10-36(17-39-52-16-25(41)42)22-6-9-35(2)21(19-3-4-26(43)51-15-19)8-12-38(35,50)23(22)7-11-37(36,49)13-20/h3-4,15,17-18,20-24,27-34,40,44-50H,5-14,16H2,1-2H3,(H,41,42)/b39-17+/t18?,20-,21+,22-,23+,24?,27+,28?,29?,30?,31?,32-,33-,34-,35+,36-,37-,38-/m0/s1. The van der Waals surface area contributed by atoms with Crippen molar-refractivity contribution in [3.05, 3.63) is 34.4 Å². The first-order valence-electron chi connectivity index (χ1n) is 19.5. The number of aliphatic hydroxyl groups is 8. The number of fused-ring (bicyclic) bond motifs is 5. The van der Waals surface area contributed by atoms with E-state index in [1.807, 2.05) is 0 Å². The van der Waals surface area contributed by atoms with Gasteiger partial charge in [-0.25, -0.2) is 9.59 Å². The number of nitrogens with zero attached hydrogens (tertiary/aromatic N) is 1. The van der Waals surface area contributed by atoms with Crippen molar-refractivity contribution in [1.29, 1.82) is 0 Å². The smallest absolute Gasteiger partial charge is 0.344 e. The Balaban J connectivity index is 1.08. The summed E-state index contributed by atoms with van der Waals surface area (Å²) < 4.78 is 28.6. The summed E-state index contributed by atoms with van der Waals surface area (Å²) >= 11 is 0. The van der Waals surface area contributed by atoms with Crippen molar-refractivity contribution in [3.63, 3.8) is 0 Å². The number of oxime groups is 1. The molecule has 0 radical (unpaired) electrons. The predicted octanol–water partition coefficient (Wildman–Crippen LogP) is -0.900. The molecule has 2 saturated heterocycles. The molecule has 2 aliphatic heterocycles. The van der Waals surface area contributed by atoms with Gasteiger partial charge in [0.2, 0.25) is 6.61 Å². The molecule has 1 aromatic heterocycles. The third-order valence-electron chi connectivity index (χ3n) is 14.4. The van der Waals surface area contributed by atoms with Crippen LogP contribution < -0.4 is 5.63 Å². The van der Waals surface area contributed by atoms with Gasteiger partial charge < -0.3 is 74.2 Å². The number of aliphatic carboxylic acids is 1. The quantitative estimate of drug-likeness (QED) is 0.0788. The third-order valence-corrected chi connectivity index (χ3v) is 14.4. The summed E-state index contributed by atoms with van der Waals surface area (Å²) in [5.74, 6) is -1.81. The lowest BCUT2D eigenvalue weighted by Crippen LogP contribution is -2.69. The summed E-state index contributed by atoms with van der Waals surface area (Å²) in [6, 6.07) is 3.15. The van der Waals surface area contributed by atoms with Gasteiger partial charge >= 0.3 is 11.6 Å². The van der Waals surface area contributed by atoms with Crippen LogP contribution in [0, 0.1) is 22.7 Å². The highest BCUT2D eigenvalue weighted by molar-refractivity contribution is 5.70. The Morgan fingerprint density at radius 3 is 2.30 bits per heavy atom. The van der Waals surface area contributed by atoms with Gasteiger partial charge in [0, 0.05) is 23.3 Å². The van der Waals surface area contributed by atoms with Crippen LogP contribution in [0.3, 0.4) is 0 Å². The molecule has 3 heterocycles. The number of aliphatic hydroxyl groups excluding tert-OH is 6. The molecule has 18 heteroatoms. The minimum atomic E-state index is -1.74. The predicted molar refractivity (Wildman–Crippen MR) is 189 cm³/mol. The second kappa shape index (κ2) is 15.5. The molecule has 314 valence electrons. The van der Waals surface area contributed by atoms with E-state index in [0.29, 0.717) is 44.9 Å². The van der Waals surface area contributed by atoms with Gasteiger partial charge in [-0.3, -0.25) is 0 Å². The summed E-state index contributed by atoms with van der Waals surface area (Å²) in [4.78, 5) is 28.1. The maximum atomic E-state index is 12.7. The Hall–Kier alpha value is -2.59. The molecule has 4 saturated carbocycles. The SMILES string of the molecule is CC1O[C@@H](O[C@H]2CC[C@]3(/C=N/OCC(=O)O)[C@H]4CC[C@]5(C)[C@@H](c6ccc(=O)oc6)CC[C@]5(O)[C@@H]4CC[C@]3(O)C2)C(O)C(O)[C@H]1O[C@@H]1OC(CO)[C@@H](O)C(O)C1O. The summed E-state index contributed by atoms with van der Waals surface area (Å²) in [5.41, 5.74) is -3.80. The molecule has 7 rings (SSSR count). The van der Waals surface area contributed by atoms with Crippen LogP contribution >= 0.6 is 0 Å². The number of carbonyl (C=O) groups is 1. The van der Waals surface area contributed by atoms with Gasteiger partial charge in [-0.05, 0) is 87.7 Å². The lowest BCUT2D eigenvalue weighted by atomic mass is 9.41. The van der Waals surface area contributed by atoms with E-state index in [1.165, 1.54) is 25.5 Å². The minimum absolute atomic E-state index is 0.0599. The first kappa shape index (κ1) is 41.6. The van der Waals surface area contributed by atoms with Gasteiger partial charge in [0.15, 0.2) is 12.6 Å². The molecule has 4 aliphatic carbocycles. The number of hydrogen-bond donors (Lipinski definition) is 9. The molecule has 0 bridgehead atoms. The topological polar surface area (TPSA) is 288 Å². The monoisotopic (exact) mass is 797 g/mol. The summed E-state index contributed by atoms with van der Waals surface area (Å²) in [5, 5.41) is 101. The Morgan fingerprint density at radius 2 is 1.61 bits per heavy atom. The normalized spacial score (nSPS) is 49.2. The molecule has 6 aliphatic rings. The molecule has 18 nitrogen and oxygen atoms in total. The van der Waals surface area contributed by atoms with Crippen molar-refractivity contribution < 1.29 is 79.0 Å². The Labute approximate surface area is 322 Å². The zero-order chi connectivity index (χ0) is 40.4. The van der Waals surface area contributed by atoms with Crippen LogP contribution in [0.4, 0.5) is 0 Å². The number of hydrogen-bond acceptors (Lipinski definition) is 17. The van der Waals surface area contributed by atoms with Gasteiger partial charge in [-0.1, -0.05) is 12.1 Å². The zero-order valence-electron chi connectivity index (χ0n) is 31.4. The minimum Gasteiger partial charge on any atom is -0.479 e. The molecule has 18 atom stereocenters. The van der Waals surface area contributed by atoms with Crippen LogP contribution in [0.5, 0.6) is 0 Å². The van der Waals surface area contributed by atoms with Crippen molar-refractivity contribution in [2.24, 2.45) is 27.8 Å². The molecule has 0 amide bonds. The maximum absolute atomic E-state index is 12.7. The third kappa shape index (κ3) is 6.82. The number of ether oxygens (including phenoxy) is 4. The molecule has 6 fully saturated rings. The van der Waals surface area contributed by atoms with E-state index in [4.69, 9.17) is 28.2 Å². The van der Waals surface area contributed by atoms with Crippen molar-refractivity contribution >= 4 is 12.2 Å². The number of rotatable bonds is 10. The van der Waals surface area contributed by atoms with Gasteiger partial charge in [-0.15, -0.1) is 0 Å². The summed E-state index contributed by atoms with van der Waals surface area (Å²) in [6.45, 7) is 2.26. The van der Waals surface area contributed by atoms with Gasteiger partial charge in [0.25, 0.3) is 0 Å². The van der Waals surface area contributed by atoms with Gasteiger partial charge in [-0.2, -0.15) is 0 Å². The van der Waals surface area contributed by atoms with Crippen LogP contribution in [-0.4, -0.2) is 150 Å². The van der Waals surface area contributed by atoms with Crippen molar-refractivity contribution in [2.45, 2.75) is 156 Å². The largest absolute Gasteiger partial charge is 0.479 e. The molecule has 0 spiro atoms.